The molecule has 36 heavy (non-hydrogen) atoms. The zero-order chi connectivity index (χ0) is 24.9. The molecular formula is C26H34N6O3S. The summed E-state index contributed by atoms with van der Waals surface area (Å²) in [6, 6.07) is 8.21. The predicted octanol–water partition coefficient (Wildman–Crippen LogP) is 3.01. The van der Waals surface area contributed by atoms with E-state index in [-0.39, 0.29) is 11.4 Å². The highest BCUT2D eigenvalue weighted by atomic mass is 32.2. The van der Waals surface area contributed by atoms with Crippen molar-refractivity contribution >= 4 is 15.8 Å². The van der Waals surface area contributed by atoms with Crippen LogP contribution in [-0.4, -0.2) is 72.3 Å². The molecule has 2 saturated heterocycles. The van der Waals surface area contributed by atoms with E-state index in [0.29, 0.717) is 28.1 Å². The van der Waals surface area contributed by atoms with E-state index >= 15 is 0 Å². The maximum absolute atomic E-state index is 13.0. The first-order chi connectivity index (χ1) is 17.0. The molecule has 3 heterocycles. The Labute approximate surface area is 211 Å². The third-order valence-corrected chi connectivity index (χ3v) is 10.5. The minimum absolute atomic E-state index is 0.193. The van der Waals surface area contributed by atoms with E-state index in [1.807, 2.05) is 26.6 Å². The fourth-order valence-electron chi connectivity index (χ4n) is 7.20. The number of hydrogen-bond donors (Lipinski definition) is 2. The van der Waals surface area contributed by atoms with Gasteiger partial charge in [-0.25, -0.2) is 23.4 Å². The molecule has 0 radical (unpaired) electrons. The quantitative estimate of drug-likeness (QED) is 0.642. The molecule has 10 heteroatoms. The lowest BCUT2D eigenvalue weighted by atomic mass is 9.56. The van der Waals surface area contributed by atoms with Gasteiger partial charge in [0.15, 0.2) is 5.82 Å². The molecule has 5 fully saturated rings. The summed E-state index contributed by atoms with van der Waals surface area (Å²) >= 11 is 0. The van der Waals surface area contributed by atoms with Crippen LogP contribution in [0.3, 0.4) is 0 Å². The summed E-state index contributed by atoms with van der Waals surface area (Å²) in [6.45, 7) is 3.42. The molecule has 3 aliphatic carbocycles. The van der Waals surface area contributed by atoms with E-state index < -0.39 is 15.3 Å². The summed E-state index contributed by atoms with van der Waals surface area (Å²) < 4.78 is 21.8. The minimum Gasteiger partial charge on any atom is -0.382 e. The van der Waals surface area contributed by atoms with Crippen molar-refractivity contribution in [2.75, 3.05) is 32.4 Å². The molecule has 1 aromatic heterocycles. The van der Waals surface area contributed by atoms with E-state index in [1.165, 1.54) is 6.26 Å². The molecule has 7 rings (SSSR count). The van der Waals surface area contributed by atoms with Crippen LogP contribution in [0.25, 0.3) is 0 Å². The SMILES string of the molecule is CS(=N)(=O)c1cccc(CC2CC3(C2)CN(C(=O)N2CC4(CC(n5cnc(C6(O)CC6)n5)C4)C2)C3)c1. The van der Waals surface area contributed by atoms with Crippen molar-refractivity contribution in [1.82, 2.24) is 24.6 Å². The Morgan fingerprint density at radius 3 is 2.36 bits per heavy atom. The van der Waals surface area contributed by atoms with Gasteiger partial charge in [-0.3, -0.25) is 0 Å². The first-order valence-corrected chi connectivity index (χ1v) is 15.0. The normalized spacial score (nSPS) is 27.1. The van der Waals surface area contributed by atoms with Gasteiger partial charge in [0.25, 0.3) is 0 Å². The van der Waals surface area contributed by atoms with Crippen LogP contribution in [0.2, 0.25) is 0 Å². The van der Waals surface area contributed by atoms with Crippen LogP contribution in [0.5, 0.6) is 0 Å². The molecule has 2 aliphatic heterocycles. The maximum atomic E-state index is 13.0. The van der Waals surface area contributed by atoms with Crippen molar-refractivity contribution in [2.45, 2.75) is 61.5 Å². The van der Waals surface area contributed by atoms with E-state index in [4.69, 9.17) is 4.78 Å². The molecule has 2 N–H and O–H groups in total. The predicted molar refractivity (Wildman–Crippen MR) is 133 cm³/mol. The van der Waals surface area contributed by atoms with Crippen LogP contribution in [0.4, 0.5) is 4.79 Å². The number of nitrogens with zero attached hydrogens (tertiary/aromatic N) is 5. The Balaban J connectivity index is 0.855. The highest BCUT2D eigenvalue weighted by Gasteiger charge is 2.58. The van der Waals surface area contributed by atoms with Crippen LogP contribution >= 0.6 is 0 Å². The second kappa shape index (κ2) is 7.31. The lowest BCUT2D eigenvalue weighted by Crippen LogP contribution is -2.71. The number of carbonyl (C=O) groups is 1. The number of hydrogen-bond acceptors (Lipinski definition) is 6. The van der Waals surface area contributed by atoms with Crippen molar-refractivity contribution in [3.63, 3.8) is 0 Å². The molecule has 5 aliphatic rings. The van der Waals surface area contributed by atoms with Crippen LogP contribution in [-0.2, 0) is 21.8 Å². The standard InChI is InChI=1S/C26H34N6O3S/c1-36(27,35)21-4-2-3-18(8-21)7-19-9-24(10-19)13-30(14-24)23(33)31-15-25(16-31)11-20(12-25)32-17-28-22(29-32)26(34)5-6-26/h2-4,8,17,19-20,27,34H,5-7,9-16H2,1H3. The summed E-state index contributed by atoms with van der Waals surface area (Å²) in [4.78, 5) is 21.9. The van der Waals surface area contributed by atoms with Gasteiger partial charge < -0.3 is 14.9 Å². The van der Waals surface area contributed by atoms with Crippen molar-refractivity contribution in [3.05, 3.63) is 42.0 Å². The molecule has 2 amide bonds. The van der Waals surface area contributed by atoms with Gasteiger partial charge in [0.2, 0.25) is 0 Å². The number of aromatic nitrogens is 3. The van der Waals surface area contributed by atoms with Crippen molar-refractivity contribution < 1.29 is 14.1 Å². The van der Waals surface area contributed by atoms with Crippen LogP contribution in [0.1, 0.15) is 56.0 Å². The monoisotopic (exact) mass is 510 g/mol. The molecule has 2 aromatic rings. The van der Waals surface area contributed by atoms with E-state index in [9.17, 15) is 14.1 Å². The molecular weight excluding hydrogens is 476 g/mol. The summed E-state index contributed by atoms with van der Waals surface area (Å²) in [6.07, 6.45) is 10.0. The number of likely N-dealkylation sites (tertiary alicyclic amines) is 2. The number of aliphatic hydroxyl groups is 1. The average Bonchev–Trinajstić information content (AvgIpc) is 3.26. The number of rotatable bonds is 5. The first-order valence-electron chi connectivity index (χ1n) is 13.0. The Kier molecular flexibility index (Phi) is 4.61. The van der Waals surface area contributed by atoms with Gasteiger partial charge in [0, 0.05) is 48.2 Å². The average molecular weight is 511 g/mol. The van der Waals surface area contributed by atoms with Crippen molar-refractivity contribution in [1.29, 1.82) is 4.78 Å². The Bertz CT molecular complexity index is 1320. The molecule has 2 spiro atoms. The smallest absolute Gasteiger partial charge is 0.320 e. The van der Waals surface area contributed by atoms with Gasteiger partial charge in [0.1, 0.15) is 11.9 Å². The fraction of sp³-hybridized carbons (Fsp3) is 0.654. The third kappa shape index (κ3) is 3.67. The minimum atomic E-state index is -2.68. The lowest BCUT2D eigenvalue weighted by molar-refractivity contribution is -0.107. The number of urea groups is 1. The maximum Gasteiger partial charge on any atom is 0.320 e. The topological polar surface area (TPSA) is 115 Å². The second-order valence-corrected chi connectivity index (χ2v) is 14.8. The van der Waals surface area contributed by atoms with Gasteiger partial charge in [-0.15, -0.1) is 0 Å². The van der Waals surface area contributed by atoms with Crippen LogP contribution in [0, 0.1) is 21.5 Å². The van der Waals surface area contributed by atoms with Gasteiger partial charge in [-0.05, 0) is 68.6 Å². The molecule has 0 bridgehead atoms. The van der Waals surface area contributed by atoms with E-state index in [2.05, 4.69) is 16.1 Å². The molecule has 1 atom stereocenters. The number of benzene rings is 1. The second-order valence-electron chi connectivity index (χ2n) is 12.6. The summed E-state index contributed by atoms with van der Waals surface area (Å²) in [7, 11) is -2.68. The van der Waals surface area contributed by atoms with Gasteiger partial charge in [0.05, 0.1) is 15.8 Å². The summed E-state index contributed by atoms with van der Waals surface area (Å²) in [5, 5.41) is 14.7. The fourth-order valence-corrected chi connectivity index (χ4v) is 7.92. The molecule has 192 valence electrons. The summed E-state index contributed by atoms with van der Waals surface area (Å²) in [5.41, 5.74) is 0.918. The van der Waals surface area contributed by atoms with Crippen LogP contribution in [0.15, 0.2) is 35.5 Å². The van der Waals surface area contributed by atoms with E-state index in [1.54, 1.807) is 12.4 Å². The first kappa shape index (κ1) is 22.7. The van der Waals surface area contributed by atoms with Crippen molar-refractivity contribution in [3.8, 4) is 0 Å². The van der Waals surface area contributed by atoms with Crippen LogP contribution < -0.4 is 0 Å². The third-order valence-electron chi connectivity index (χ3n) is 9.32. The molecule has 9 nitrogen and oxygen atoms in total. The van der Waals surface area contributed by atoms with E-state index in [0.717, 1.165) is 76.7 Å². The number of nitrogens with one attached hydrogen (secondary N) is 1. The van der Waals surface area contributed by atoms with Gasteiger partial charge in [-0.2, -0.15) is 5.10 Å². The molecule has 1 aromatic carbocycles. The Hall–Kier alpha value is -2.46. The lowest BCUT2D eigenvalue weighted by Gasteiger charge is -2.63. The molecule has 1 unspecified atom stereocenters. The largest absolute Gasteiger partial charge is 0.382 e. The Morgan fingerprint density at radius 1 is 1.11 bits per heavy atom. The number of carbonyl (C=O) groups excluding carboxylic acids is 1. The number of amides is 2. The molecule has 3 saturated carbocycles. The van der Waals surface area contributed by atoms with Gasteiger partial charge in [-0.1, -0.05) is 12.1 Å². The zero-order valence-corrected chi connectivity index (χ0v) is 21.5. The Morgan fingerprint density at radius 2 is 1.75 bits per heavy atom. The zero-order valence-electron chi connectivity index (χ0n) is 20.7. The van der Waals surface area contributed by atoms with Crippen molar-refractivity contribution in [2.24, 2.45) is 16.7 Å². The highest BCUT2D eigenvalue weighted by molar-refractivity contribution is 7.91. The summed E-state index contributed by atoms with van der Waals surface area (Å²) in [5.74, 6) is 1.17. The van der Waals surface area contributed by atoms with Gasteiger partial charge >= 0.3 is 6.03 Å². The highest BCUT2D eigenvalue weighted by Crippen LogP contribution is 2.56.